The number of nitrogens with one attached hydrogen (secondary N) is 2. The Morgan fingerprint density at radius 3 is 2.00 bits per heavy atom. The van der Waals surface area contributed by atoms with Gasteiger partial charge in [-0.05, 0) is 54.4 Å². The first-order valence-electron chi connectivity index (χ1n) is 14.8. The van der Waals surface area contributed by atoms with Crippen LogP contribution >= 0.6 is 0 Å². The van der Waals surface area contributed by atoms with Crippen LogP contribution in [0.3, 0.4) is 0 Å². The van der Waals surface area contributed by atoms with Gasteiger partial charge in [-0.3, -0.25) is 14.4 Å². The molecule has 0 fully saturated rings. The Labute approximate surface area is 341 Å². The molecule has 12 nitrogen and oxygen atoms in total. The van der Waals surface area contributed by atoms with Crippen LogP contribution < -0.4 is 74.7 Å². The Bertz CT molecular complexity index is 2720. The van der Waals surface area contributed by atoms with Gasteiger partial charge in [0.25, 0.3) is 5.56 Å². The number of aromatic nitrogens is 1. The van der Waals surface area contributed by atoms with E-state index in [2.05, 4.69) is 10.3 Å². The number of aryl methyl sites for hydroxylation is 1. The molecule has 0 amide bonds. The van der Waals surface area contributed by atoms with E-state index in [0.29, 0.717) is 5.56 Å². The minimum Gasteiger partial charge on any atom is -0.744 e. The quantitative estimate of drug-likeness (QED) is 0.117. The Balaban J connectivity index is 0.00000261. The number of pyridine rings is 1. The molecule has 0 radical (unpaired) electrons. The first kappa shape index (κ1) is 39.3. The third-order valence-electron chi connectivity index (χ3n) is 8.20. The van der Waals surface area contributed by atoms with Gasteiger partial charge in [-0.25, -0.2) is 16.8 Å². The van der Waals surface area contributed by atoms with E-state index < -0.39 is 47.2 Å². The second kappa shape index (κ2) is 14.8. The summed E-state index contributed by atoms with van der Waals surface area (Å²) in [6.07, 6.45) is 0. The summed E-state index contributed by atoms with van der Waals surface area (Å²) in [6.45, 7) is 1.58. The third kappa shape index (κ3) is 7.19. The molecule has 1 aliphatic rings. The average Bonchev–Trinajstić information content (AvgIpc) is 3.08. The molecule has 0 bridgehead atoms. The number of rotatable bonds is 8. The average molecular weight is 753 g/mol. The van der Waals surface area contributed by atoms with Crippen molar-refractivity contribution in [2.75, 3.05) is 5.32 Å². The van der Waals surface area contributed by atoms with E-state index in [1.807, 2.05) is 0 Å². The molecule has 250 valence electrons. The van der Waals surface area contributed by atoms with Gasteiger partial charge < -0.3 is 24.1 Å². The van der Waals surface area contributed by atoms with Crippen molar-refractivity contribution in [3.8, 4) is 22.6 Å². The van der Waals surface area contributed by atoms with Gasteiger partial charge in [0.1, 0.15) is 26.0 Å². The Morgan fingerprint density at radius 2 is 1.37 bits per heavy atom. The maximum atomic E-state index is 14.3. The van der Waals surface area contributed by atoms with Gasteiger partial charge in [0, 0.05) is 33.8 Å². The summed E-state index contributed by atoms with van der Waals surface area (Å²) < 4.78 is 77.5. The van der Waals surface area contributed by atoms with Crippen molar-refractivity contribution in [3.05, 3.63) is 141 Å². The number of fused-ring (bicyclic) bond motifs is 2. The van der Waals surface area contributed by atoms with Crippen LogP contribution in [-0.4, -0.2) is 42.5 Å². The fourth-order valence-electron chi connectivity index (χ4n) is 5.99. The van der Waals surface area contributed by atoms with E-state index in [4.69, 9.17) is 4.74 Å². The van der Waals surface area contributed by atoms with Crippen molar-refractivity contribution < 1.29 is 99.4 Å². The molecule has 0 saturated heterocycles. The molecular formula is C36H22N2Na2O10S2. The Hall–Kier alpha value is -3.93. The first-order chi connectivity index (χ1) is 23.7. The summed E-state index contributed by atoms with van der Waals surface area (Å²) in [5.74, 6) is -1.70. The smallest absolute Gasteiger partial charge is 0.744 e. The summed E-state index contributed by atoms with van der Waals surface area (Å²) in [5, 5.41) is 3.13. The molecule has 16 heteroatoms. The van der Waals surface area contributed by atoms with Crippen LogP contribution in [0.15, 0.2) is 118 Å². The van der Waals surface area contributed by atoms with Crippen molar-refractivity contribution >= 4 is 54.1 Å². The number of hydrogen-bond acceptors (Lipinski definition) is 11. The Kier molecular flexibility index (Phi) is 11.2. The fraction of sp³-hybridized carbons (Fsp3) is 0.0278. The molecule has 2 N–H and O–H groups in total. The number of carbonyl (C=O) groups is 2. The molecule has 0 saturated carbocycles. The van der Waals surface area contributed by atoms with Crippen LogP contribution in [0, 0.1) is 6.92 Å². The van der Waals surface area contributed by atoms with Crippen LogP contribution in [0.5, 0.6) is 11.5 Å². The largest absolute Gasteiger partial charge is 1.00 e. The first-order valence-corrected chi connectivity index (χ1v) is 17.6. The summed E-state index contributed by atoms with van der Waals surface area (Å²) in [4.78, 5) is 43.8. The maximum Gasteiger partial charge on any atom is 1.00 e. The maximum absolute atomic E-state index is 14.3. The van der Waals surface area contributed by atoms with Gasteiger partial charge in [0.15, 0.2) is 17.3 Å². The predicted octanol–water partition coefficient (Wildman–Crippen LogP) is -0.369. The van der Waals surface area contributed by atoms with E-state index in [0.717, 1.165) is 18.2 Å². The normalized spacial score (nSPS) is 11.9. The number of hydrogen-bond donors (Lipinski definition) is 2. The Morgan fingerprint density at radius 1 is 0.731 bits per heavy atom. The second-order valence-electron chi connectivity index (χ2n) is 11.4. The van der Waals surface area contributed by atoms with Crippen molar-refractivity contribution in [2.24, 2.45) is 0 Å². The fourth-order valence-corrected chi connectivity index (χ4v) is 7.15. The molecule has 1 heterocycles. The molecule has 1 aromatic heterocycles. The minimum atomic E-state index is -5.06. The number of carbonyl (C=O) groups excluding carboxylic acids is 2. The van der Waals surface area contributed by atoms with E-state index >= 15 is 0 Å². The topological polar surface area (TPSA) is 203 Å². The number of ketones is 2. The molecule has 0 aliphatic heterocycles. The van der Waals surface area contributed by atoms with Gasteiger partial charge in [-0.15, -0.1) is 0 Å². The zero-order valence-corrected chi connectivity index (χ0v) is 33.3. The van der Waals surface area contributed by atoms with Crippen molar-refractivity contribution in [2.45, 2.75) is 16.7 Å². The number of H-pyrrole nitrogens is 1. The molecule has 7 rings (SSSR count). The van der Waals surface area contributed by atoms with E-state index in [1.165, 1.54) is 30.3 Å². The number of benzene rings is 5. The zero-order chi connectivity index (χ0) is 35.5. The van der Waals surface area contributed by atoms with Gasteiger partial charge in [0.2, 0.25) is 0 Å². The molecule has 1 aliphatic carbocycles. The summed E-state index contributed by atoms with van der Waals surface area (Å²) >= 11 is 0. The number of anilines is 2. The monoisotopic (exact) mass is 752 g/mol. The van der Waals surface area contributed by atoms with E-state index in [9.17, 15) is 40.3 Å². The van der Waals surface area contributed by atoms with E-state index in [1.54, 1.807) is 61.5 Å². The third-order valence-corrected chi connectivity index (χ3v) is 9.91. The van der Waals surface area contributed by atoms with Gasteiger partial charge in [-0.2, -0.15) is 0 Å². The summed E-state index contributed by atoms with van der Waals surface area (Å²) in [6, 6.07) is 24.4. The van der Waals surface area contributed by atoms with Crippen molar-refractivity contribution in [1.29, 1.82) is 0 Å². The van der Waals surface area contributed by atoms with Crippen molar-refractivity contribution in [3.63, 3.8) is 0 Å². The van der Waals surface area contributed by atoms with Crippen LogP contribution in [0.25, 0.3) is 22.0 Å². The van der Waals surface area contributed by atoms with Gasteiger partial charge in [0.05, 0.1) is 32.1 Å². The second-order valence-corrected chi connectivity index (χ2v) is 14.2. The van der Waals surface area contributed by atoms with Crippen molar-refractivity contribution in [1.82, 2.24) is 4.98 Å². The van der Waals surface area contributed by atoms with Crippen LogP contribution in [0.4, 0.5) is 11.4 Å². The molecule has 0 spiro atoms. The predicted molar refractivity (Wildman–Crippen MR) is 180 cm³/mol. The van der Waals surface area contributed by atoms with Gasteiger partial charge >= 0.3 is 59.1 Å². The molecule has 0 unspecified atom stereocenters. The van der Waals surface area contributed by atoms with Crippen LogP contribution in [-0.2, 0) is 20.2 Å². The SMILES string of the molecule is Cc1ccc(Oc2cc(Nc3ccc(S(=O)(=O)[O-])cc3)c3c4c(c(C(=O)c5ccccc5)c(=O)[nH]c24)-c2ccccc2C3=O)c(S(=O)(=O)[O-])c1.[Na+].[Na+]. The number of ether oxygens (including phenoxy) is 1. The molecular weight excluding hydrogens is 731 g/mol. The summed E-state index contributed by atoms with van der Waals surface area (Å²) in [5.41, 5.74) is 0.357. The molecule has 5 aromatic carbocycles. The van der Waals surface area contributed by atoms with Crippen LogP contribution in [0.2, 0.25) is 0 Å². The molecule has 6 aromatic rings. The number of aromatic amines is 1. The van der Waals surface area contributed by atoms with Gasteiger partial charge in [-0.1, -0.05) is 60.7 Å². The molecule has 0 atom stereocenters. The van der Waals surface area contributed by atoms with E-state index in [-0.39, 0.29) is 126 Å². The van der Waals surface area contributed by atoms with Crippen LogP contribution in [0.1, 0.15) is 37.4 Å². The molecule has 52 heavy (non-hydrogen) atoms. The minimum absolute atomic E-state index is 0. The zero-order valence-electron chi connectivity index (χ0n) is 27.7. The summed E-state index contributed by atoms with van der Waals surface area (Å²) in [7, 11) is -9.82. The standard InChI is InChI=1S/C36H24N2O10S2.2Na/c1-19-11-16-26(28(17-19)50(45,46)47)48-27-18-25(37-21-12-14-22(15-13-21)49(42,43)44)30-31-29(23-9-5-6-10-24(23)35(30)40)32(36(41)38-33(27)31)34(39)20-7-3-2-4-8-20;;/h2-18,37H,1H3,(H,38,41)(H,42,43,44)(H,45,46,47);;/q;2*+1/p-2.